The number of aryl methyl sites for hydroxylation is 1. The molecule has 0 saturated carbocycles. The maximum atomic E-state index is 10.5. The molecule has 34 heavy (non-hydrogen) atoms. The zero-order valence-corrected chi connectivity index (χ0v) is 19.6. The SMILES string of the molecule is COc1cc2cnc(Oc3ccc4[nH]c(C)cc4c3)nc2cc1OC[C@@H](O)CN1CCCCC1. The minimum absolute atomic E-state index is 0.183. The van der Waals surface area contributed by atoms with Crippen molar-refractivity contribution in [3.05, 3.63) is 48.3 Å². The predicted octanol–water partition coefficient (Wildman–Crippen LogP) is 4.45. The van der Waals surface area contributed by atoms with E-state index in [9.17, 15) is 5.11 Å². The summed E-state index contributed by atoms with van der Waals surface area (Å²) in [7, 11) is 1.59. The zero-order chi connectivity index (χ0) is 23.5. The largest absolute Gasteiger partial charge is 0.493 e. The first-order chi connectivity index (χ1) is 16.6. The monoisotopic (exact) mass is 462 g/mol. The minimum Gasteiger partial charge on any atom is -0.493 e. The normalized spacial score (nSPS) is 15.5. The molecule has 1 aliphatic heterocycles. The van der Waals surface area contributed by atoms with Gasteiger partial charge in [-0.05, 0) is 63.2 Å². The molecular formula is C26H30N4O4. The highest BCUT2D eigenvalue weighted by atomic mass is 16.5. The number of hydrogen-bond donors (Lipinski definition) is 2. The van der Waals surface area contributed by atoms with E-state index in [4.69, 9.17) is 14.2 Å². The van der Waals surface area contributed by atoms with Gasteiger partial charge in [0.05, 0.1) is 12.6 Å². The maximum Gasteiger partial charge on any atom is 0.322 e. The highest BCUT2D eigenvalue weighted by Gasteiger charge is 2.17. The third-order valence-corrected chi connectivity index (χ3v) is 6.13. The van der Waals surface area contributed by atoms with Gasteiger partial charge in [-0.1, -0.05) is 6.42 Å². The number of H-pyrrole nitrogens is 1. The van der Waals surface area contributed by atoms with Crippen LogP contribution in [0.2, 0.25) is 0 Å². The summed E-state index contributed by atoms with van der Waals surface area (Å²) in [4.78, 5) is 14.5. The van der Waals surface area contributed by atoms with Crippen molar-refractivity contribution in [2.45, 2.75) is 32.3 Å². The first kappa shape index (κ1) is 22.4. The van der Waals surface area contributed by atoms with Crippen molar-refractivity contribution < 1.29 is 19.3 Å². The molecule has 0 aliphatic carbocycles. The van der Waals surface area contributed by atoms with E-state index in [-0.39, 0.29) is 12.6 Å². The topological polar surface area (TPSA) is 92.7 Å². The average molecular weight is 463 g/mol. The van der Waals surface area contributed by atoms with Gasteiger partial charge in [0, 0.05) is 40.8 Å². The van der Waals surface area contributed by atoms with Crippen LogP contribution >= 0.6 is 0 Å². The molecule has 178 valence electrons. The Bertz CT molecular complexity index is 1280. The van der Waals surface area contributed by atoms with Gasteiger partial charge in [0.25, 0.3) is 0 Å². The van der Waals surface area contributed by atoms with Crippen molar-refractivity contribution in [1.29, 1.82) is 0 Å². The van der Waals surface area contributed by atoms with Crippen molar-refractivity contribution in [2.75, 3.05) is 33.4 Å². The molecule has 5 rings (SSSR count). The molecule has 1 aliphatic rings. The molecule has 1 atom stereocenters. The number of β-amino-alcohol motifs (C(OH)–C–C–N with tert-alkyl or cyclic N) is 1. The van der Waals surface area contributed by atoms with Crippen LogP contribution in [0.25, 0.3) is 21.8 Å². The van der Waals surface area contributed by atoms with Gasteiger partial charge in [-0.15, -0.1) is 0 Å². The van der Waals surface area contributed by atoms with E-state index < -0.39 is 6.10 Å². The van der Waals surface area contributed by atoms with Gasteiger partial charge < -0.3 is 29.2 Å². The number of aliphatic hydroxyl groups is 1. The van der Waals surface area contributed by atoms with Crippen molar-refractivity contribution in [3.8, 4) is 23.3 Å². The van der Waals surface area contributed by atoms with Gasteiger partial charge >= 0.3 is 6.01 Å². The fourth-order valence-electron chi connectivity index (χ4n) is 4.45. The molecule has 2 aromatic carbocycles. The highest BCUT2D eigenvalue weighted by Crippen LogP contribution is 2.33. The highest BCUT2D eigenvalue weighted by molar-refractivity contribution is 5.83. The van der Waals surface area contributed by atoms with Gasteiger partial charge in [0.2, 0.25) is 0 Å². The number of aromatic nitrogens is 3. The molecule has 0 unspecified atom stereocenters. The molecule has 4 aromatic rings. The number of rotatable bonds is 8. The van der Waals surface area contributed by atoms with Crippen LogP contribution < -0.4 is 14.2 Å². The zero-order valence-electron chi connectivity index (χ0n) is 19.6. The lowest BCUT2D eigenvalue weighted by Crippen LogP contribution is -2.38. The van der Waals surface area contributed by atoms with Crippen molar-refractivity contribution in [2.24, 2.45) is 0 Å². The number of hydrogen-bond acceptors (Lipinski definition) is 7. The number of nitrogens with one attached hydrogen (secondary N) is 1. The fourth-order valence-corrected chi connectivity index (χ4v) is 4.45. The molecule has 1 fully saturated rings. The van der Waals surface area contributed by atoms with Gasteiger partial charge in [0.15, 0.2) is 11.5 Å². The molecule has 0 bridgehead atoms. The lowest BCUT2D eigenvalue weighted by atomic mass is 10.1. The Labute approximate surface area is 198 Å². The second-order valence-electron chi connectivity index (χ2n) is 8.84. The number of aromatic amines is 1. The molecular weight excluding hydrogens is 432 g/mol. The van der Waals surface area contributed by atoms with Crippen LogP contribution in [-0.4, -0.2) is 64.4 Å². The average Bonchev–Trinajstić information content (AvgIpc) is 3.22. The van der Waals surface area contributed by atoms with E-state index in [2.05, 4.69) is 25.9 Å². The van der Waals surface area contributed by atoms with E-state index in [0.717, 1.165) is 35.1 Å². The third-order valence-electron chi connectivity index (χ3n) is 6.13. The molecule has 8 heteroatoms. The summed E-state index contributed by atoms with van der Waals surface area (Å²) in [6.45, 7) is 4.89. The van der Waals surface area contributed by atoms with Crippen LogP contribution in [0.4, 0.5) is 0 Å². The third kappa shape index (κ3) is 5.08. The Balaban J connectivity index is 1.31. The smallest absolute Gasteiger partial charge is 0.322 e. The standard InChI is InChI=1S/C26H30N4O4/c1-17-10-18-11-21(6-7-22(18)28-17)34-26-27-14-19-12-24(32-2)25(13-23(19)29-26)33-16-20(31)15-30-8-4-3-5-9-30/h6-7,10-14,20,28,31H,3-5,8-9,15-16H2,1-2H3/t20-/m0/s1. The Kier molecular flexibility index (Phi) is 6.51. The lowest BCUT2D eigenvalue weighted by Gasteiger charge is -2.28. The van der Waals surface area contributed by atoms with Gasteiger partial charge in [-0.25, -0.2) is 4.98 Å². The van der Waals surface area contributed by atoms with Crippen LogP contribution in [0.5, 0.6) is 23.3 Å². The second kappa shape index (κ2) is 9.87. The molecule has 2 aromatic heterocycles. The van der Waals surface area contributed by atoms with Crippen LogP contribution in [0, 0.1) is 6.92 Å². The van der Waals surface area contributed by atoms with Gasteiger partial charge in [0.1, 0.15) is 18.5 Å². The van der Waals surface area contributed by atoms with Gasteiger partial charge in [-0.3, -0.25) is 0 Å². The molecule has 0 amide bonds. The van der Waals surface area contributed by atoms with Crippen molar-refractivity contribution >= 4 is 21.8 Å². The first-order valence-corrected chi connectivity index (χ1v) is 11.7. The summed E-state index contributed by atoms with van der Waals surface area (Å²) in [6.07, 6.45) is 4.78. The van der Waals surface area contributed by atoms with Crippen molar-refractivity contribution in [3.63, 3.8) is 0 Å². The Morgan fingerprint density at radius 2 is 1.91 bits per heavy atom. The fraction of sp³-hybridized carbons (Fsp3) is 0.385. The van der Waals surface area contributed by atoms with Gasteiger partial charge in [-0.2, -0.15) is 4.98 Å². The number of piperidine rings is 1. The van der Waals surface area contributed by atoms with E-state index in [1.165, 1.54) is 19.3 Å². The molecule has 2 N–H and O–H groups in total. The predicted molar refractivity (Wildman–Crippen MR) is 131 cm³/mol. The van der Waals surface area contributed by atoms with Crippen LogP contribution in [0.1, 0.15) is 25.0 Å². The number of fused-ring (bicyclic) bond motifs is 2. The number of ether oxygens (including phenoxy) is 3. The van der Waals surface area contributed by atoms with E-state index in [1.807, 2.05) is 31.2 Å². The molecule has 1 saturated heterocycles. The van der Waals surface area contributed by atoms with Crippen LogP contribution in [-0.2, 0) is 0 Å². The maximum absolute atomic E-state index is 10.5. The summed E-state index contributed by atoms with van der Waals surface area (Å²) in [5.41, 5.74) is 2.82. The Morgan fingerprint density at radius 3 is 2.74 bits per heavy atom. The summed E-state index contributed by atoms with van der Waals surface area (Å²) >= 11 is 0. The number of nitrogens with zero attached hydrogens (tertiary/aromatic N) is 3. The molecule has 0 spiro atoms. The Hall–Kier alpha value is -3.36. The van der Waals surface area contributed by atoms with Crippen LogP contribution in [0.15, 0.2) is 42.6 Å². The summed E-state index contributed by atoms with van der Waals surface area (Å²) in [6, 6.07) is 11.8. The molecule has 8 nitrogen and oxygen atoms in total. The number of aliphatic hydroxyl groups excluding tert-OH is 1. The summed E-state index contributed by atoms with van der Waals surface area (Å²) in [5, 5.41) is 12.3. The number of methoxy groups -OCH3 is 1. The van der Waals surface area contributed by atoms with Crippen LogP contribution in [0.3, 0.4) is 0 Å². The quantitative estimate of drug-likeness (QED) is 0.400. The molecule has 0 radical (unpaired) electrons. The van der Waals surface area contributed by atoms with Crippen molar-refractivity contribution in [1.82, 2.24) is 19.9 Å². The van der Waals surface area contributed by atoms with E-state index in [0.29, 0.717) is 29.3 Å². The number of benzene rings is 2. The Morgan fingerprint density at radius 1 is 1.06 bits per heavy atom. The first-order valence-electron chi connectivity index (χ1n) is 11.7. The lowest BCUT2D eigenvalue weighted by molar-refractivity contribution is 0.0609. The minimum atomic E-state index is -0.574. The second-order valence-corrected chi connectivity index (χ2v) is 8.84. The summed E-state index contributed by atoms with van der Waals surface area (Å²) < 4.78 is 17.4. The van der Waals surface area contributed by atoms with E-state index >= 15 is 0 Å². The van der Waals surface area contributed by atoms with E-state index in [1.54, 1.807) is 19.4 Å². The molecule has 3 heterocycles. The number of likely N-dealkylation sites (tertiary alicyclic amines) is 1. The summed E-state index contributed by atoms with van der Waals surface area (Å²) in [5.74, 6) is 1.77.